The first-order chi connectivity index (χ1) is 19.2. The van der Waals surface area contributed by atoms with Gasteiger partial charge in [0.1, 0.15) is 34.4 Å². The molecule has 3 aliphatic carbocycles. The molecule has 0 unspecified atom stereocenters. The second-order valence-corrected chi connectivity index (χ2v) is 11.4. The number of aryl methyl sites for hydroxylation is 1. The van der Waals surface area contributed by atoms with Crippen molar-refractivity contribution in [3.05, 3.63) is 63.5 Å². The molecule has 0 bridgehead atoms. The number of benzene rings is 1. The van der Waals surface area contributed by atoms with Gasteiger partial charge in [0.15, 0.2) is 11.4 Å². The molecule has 1 heterocycles. The number of amides is 1. The number of furan rings is 1. The lowest BCUT2D eigenvalue weighted by molar-refractivity contribution is -0.148. The maximum atomic E-state index is 14.1. The third-order valence-electron chi connectivity index (χ3n) is 8.43. The summed E-state index contributed by atoms with van der Waals surface area (Å²) in [6, 6.07) is 4.28. The summed E-state index contributed by atoms with van der Waals surface area (Å²) in [7, 11) is 6.78. The first-order valence-electron chi connectivity index (χ1n) is 13.2. The summed E-state index contributed by atoms with van der Waals surface area (Å²) in [5.41, 5.74) is 3.06. The lowest BCUT2D eigenvalue weighted by Gasteiger charge is -2.50. The molecule has 1 aromatic carbocycles. The van der Waals surface area contributed by atoms with Gasteiger partial charge in [-0.2, -0.15) is 0 Å². The number of rotatable bonds is 6. The van der Waals surface area contributed by atoms with E-state index >= 15 is 0 Å². The van der Waals surface area contributed by atoms with Crippen LogP contribution in [-0.2, 0) is 22.6 Å². The molecule has 5 rings (SSSR count). The average molecular weight is 567 g/mol. The number of carbonyl (C=O) groups is 3. The van der Waals surface area contributed by atoms with Gasteiger partial charge in [0.05, 0.1) is 23.8 Å². The largest absolute Gasteiger partial charge is 0.510 e. The Hall–Kier alpha value is -4.29. The molecule has 0 saturated carbocycles. The molecule has 7 N–H and O–H groups in total. The molecule has 12 heteroatoms. The van der Waals surface area contributed by atoms with Crippen LogP contribution in [0.4, 0.5) is 11.4 Å². The van der Waals surface area contributed by atoms with Gasteiger partial charge in [-0.25, -0.2) is 0 Å². The number of phenols is 1. The van der Waals surface area contributed by atoms with Crippen molar-refractivity contribution in [1.29, 1.82) is 0 Å². The third kappa shape index (κ3) is 4.08. The Kier molecular flexibility index (Phi) is 6.66. The van der Waals surface area contributed by atoms with Gasteiger partial charge in [-0.1, -0.05) is 0 Å². The summed E-state index contributed by atoms with van der Waals surface area (Å²) in [6.45, 7) is 2.04. The zero-order valence-electron chi connectivity index (χ0n) is 23.5. The molecule has 1 aromatic heterocycles. The van der Waals surface area contributed by atoms with Crippen LogP contribution in [0.3, 0.4) is 0 Å². The first-order valence-corrected chi connectivity index (χ1v) is 13.2. The summed E-state index contributed by atoms with van der Waals surface area (Å²) in [4.78, 5) is 43.0. The number of allylic oxidation sites excluding steroid dienone is 1. The van der Waals surface area contributed by atoms with Gasteiger partial charge in [-0.15, -0.1) is 0 Å². The minimum Gasteiger partial charge on any atom is -0.510 e. The van der Waals surface area contributed by atoms with Crippen molar-refractivity contribution in [1.82, 2.24) is 4.90 Å². The van der Waals surface area contributed by atoms with Gasteiger partial charge in [0.2, 0.25) is 5.78 Å². The minimum absolute atomic E-state index is 0.0250. The number of aliphatic hydroxyl groups is 3. The highest BCUT2D eigenvalue weighted by molar-refractivity contribution is 6.25. The van der Waals surface area contributed by atoms with Crippen LogP contribution >= 0.6 is 0 Å². The molecule has 2 aromatic rings. The summed E-state index contributed by atoms with van der Waals surface area (Å²) >= 11 is 0. The molecule has 0 aliphatic heterocycles. The Balaban J connectivity index is 1.66. The van der Waals surface area contributed by atoms with Gasteiger partial charge >= 0.3 is 0 Å². The van der Waals surface area contributed by atoms with Crippen LogP contribution < -0.4 is 16.0 Å². The maximum Gasteiger partial charge on any atom is 0.255 e. The fourth-order valence-electron chi connectivity index (χ4n) is 6.60. The standard InChI is InChI=1S/C29H34N4O8/c1-12-6-7-14(41-12)11-31-17-10-18(32(2)3)15-8-13-9-16-22(33(4)5)25(36)21(28(30)39)27(38)29(16,40)26(37)19(13)24(35)20(15)23(17)34/h6-7,10,13,16,22,31,34,36-37,40H,8-9,11H2,1-5H3,(H2,30,39)/t13-,16-,22-,29-/m0/s1. The van der Waals surface area contributed by atoms with Crippen molar-refractivity contribution < 1.29 is 39.2 Å². The lowest BCUT2D eigenvalue weighted by Crippen LogP contribution is -2.63. The van der Waals surface area contributed by atoms with Crippen LogP contribution in [0.15, 0.2) is 45.3 Å². The van der Waals surface area contributed by atoms with E-state index in [1.54, 1.807) is 46.4 Å². The summed E-state index contributed by atoms with van der Waals surface area (Å²) in [5.74, 6) is -5.51. The number of phenolic OH excluding ortho intramolecular Hbond substituents is 1. The Bertz CT molecular complexity index is 1550. The van der Waals surface area contributed by atoms with Crippen LogP contribution in [0.2, 0.25) is 0 Å². The summed E-state index contributed by atoms with van der Waals surface area (Å²) in [5, 5.41) is 48.6. The van der Waals surface area contributed by atoms with E-state index < -0.39 is 58.0 Å². The van der Waals surface area contributed by atoms with Crippen LogP contribution in [0.25, 0.3) is 0 Å². The molecular formula is C29H34N4O8. The number of anilines is 2. The van der Waals surface area contributed by atoms with E-state index in [0.29, 0.717) is 17.0 Å². The Morgan fingerprint density at radius 2 is 1.85 bits per heavy atom. The number of nitrogens with zero attached hydrogens (tertiary/aromatic N) is 2. The molecule has 0 fully saturated rings. The van der Waals surface area contributed by atoms with Crippen molar-refractivity contribution in [2.75, 3.05) is 38.4 Å². The fourth-order valence-corrected chi connectivity index (χ4v) is 6.60. The normalized spacial score (nSPS) is 25.7. The number of hydrogen-bond donors (Lipinski definition) is 6. The average Bonchev–Trinajstić information content (AvgIpc) is 3.30. The van der Waals surface area contributed by atoms with Gasteiger partial charge in [-0.05, 0) is 63.5 Å². The Morgan fingerprint density at radius 1 is 1.17 bits per heavy atom. The molecule has 218 valence electrons. The van der Waals surface area contributed by atoms with Gasteiger partial charge in [-0.3, -0.25) is 19.3 Å². The van der Waals surface area contributed by atoms with E-state index in [1.807, 2.05) is 11.8 Å². The molecule has 0 saturated heterocycles. The van der Waals surface area contributed by atoms with Crippen LogP contribution in [0.5, 0.6) is 5.75 Å². The van der Waals surface area contributed by atoms with Crippen molar-refractivity contribution >= 4 is 28.8 Å². The quantitative estimate of drug-likeness (QED) is 0.220. The van der Waals surface area contributed by atoms with Crippen molar-refractivity contribution in [3.63, 3.8) is 0 Å². The van der Waals surface area contributed by atoms with Gasteiger partial charge in [0.25, 0.3) is 5.91 Å². The molecule has 12 nitrogen and oxygen atoms in total. The number of nitrogens with one attached hydrogen (secondary N) is 1. The highest BCUT2D eigenvalue weighted by Crippen LogP contribution is 2.53. The summed E-state index contributed by atoms with van der Waals surface area (Å²) in [6.07, 6.45) is 0.227. The zero-order chi connectivity index (χ0) is 30.1. The molecular weight excluding hydrogens is 532 g/mol. The van der Waals surface area contributed by atoms with E-state index in [0.717, 1.165) is 5.76 Å². The van der Waals surface area contributed by atoms with Crippen LogP contribution in [0.1, 0.15) is 33.9 Å². The highest BCUT2D eigenvalue weighted by atomic mass is 16.4. The van der Waals surface area contributed by atoms with Gasteiger partial charge in [0, 0.05) is 31.3 Å². The van der Waals surface area contributed by atoms with Crippen molar-refractivity contribution in [3.8, 4) is 5.75 Å². The number of ketones is 2. The second kappa shape index (κ2) is 9.67. The van der Waals surface area contributed by atoms with Crippen molar-refractivity contribution in [2.45, 2.75) is 38.0 Å². The molecule has 4 atom stereocenters. The predicted molar refractivity (Wildman–Crippen MR) is 149 cm³/mol. The third-order valence-corrected chi connectivity index (χ3v) is 8.43. The number of hydrogen-bond acceptors (Lipinski definition) is 11. The maximum absolute atomic E-state index is 14.1. The number of nitrogens with two attached hydrogens (primary N) is 1. The Morgan fingerprint density at radius 3 is 2.41 bits per heavy atom. The molecule has 41 heavy (non-hydrogen) atoms. The fraction of sp³-hybridized carbons (Fsp3) is 0.414. The minimum atomic E-state index is -2.68. The topological polar surface area (TPSA) is 190 Å². The number of primary amides is 1. The molecule has 0 radical (unpaired) electrons. The SMILES string of the molecule is Cc1ccc(CNc2cc(N(C)C)c3c(c2O)C(=O)C2=C(O)[C@]4(O)C(=O)C(C(N)=O)=C(O)[C@@H](N(C)C)[C@@H]4C[C@@H]2C3)o1. The van der Waals surface area contributed by atoms with E-state index in [2.05, 4.69) is 5.32 Å². The zero-order valence-corrected chi connectivity index (χ0v) is 23.5. The number of aromatic hydroxyl groups is 1. The number of Topliss-reactive ketones (excluding diaryl/α,β-unsaturated/α-hetero) is 2. The Labute approximate surface area is 236 Å². The number of likely N-dealkylation sites (N-methyl/N-ethyl adjacent to an activating group) is 1. The van der Waals surface area contributed by atoms with Crippen LogP contribution in [-0.4, -0.2) is 82.6 Å². The molecule has 3 aliphatic rings. The highest BCUT2D eigenvalue weighted by Gasteiger charge is 2.63. The predicted octanol–water partition coefficient (Wildman–Crippen LogP) is 1.70. The van der Waals surface area contributed by atoms with Gasteiger partial charge < -0.3 is 40.8 Å². The molecule has 0 spiro atoms. The number of aliphatic hydroxyl groups excluding tert-OH is 2. The first kappa shape index (κ1) is 28.2. The van der Waals surface area contributed by atoms with E-state index in [-0.39, 0.29) is 42.0 Å². The smallest absolute Gasteiger partial charge is 0.255 e. The van der Waals surface area contributed by atoms with Crippen molar-refractivity contribution in [2.24, 2.45) is 17.6 Å². The molecule has 1 amide bonds. The number of fused-ring (bicyclic) bond motifs is 3. The van der Waals surface area contributed by atoms with Crippen LogP contribution in [0, 0.1) is 18.8 Å². The monoisotopic (exact) mass is 566 g/mol. The summed E-state index contributed by atoms with van der Waals surface area (Å²) < 4.78 is 5.59. The number of carbonyl (C=O) groups excluding carboxylic acids is 3. The van der Waals surface area contributed by atoms with E-state index in [4.69, 9.17) is 10.2 Å². The lowest BCUT2D eigenvalue weighted by atomic mass is 9.58. The second-order valence-electron chi connectivity index (χ2n) is 11.4. The van der Waals surface area contributed by atoms with E-state index in [9.17, 15) is 34.8 Å². The van der Waals surface area contributed by atoms with E-state index in [1.165, 1.54) is 4.90 Å².